The van der Waals surface area contributed by atoms with E-state index in [1.54, 1.807) is 32.0 Å². The van der Waals surface area contributed by atoms with Gasteiger partial charge in [-0.1, -0.05) is 24.6 Å². The number of carbonyl (C=O) groups excluding carboxylic acids is 3. The van der Waals surface area contributed by atoms with Crippen molar-refractivity contribution in [3.05, 3.63) is 63.7 Å². The Bertz CT molecular complexity index is 1470. The number of unbranched alkanes of at least 4 members (excludes halogenated alkanes) is 1. The highest BCUT2D eigenvalue weighted by Gasteiger charge is 2.55. The van der Waals surface area contributed by atoms with E-state index < -0.39 is 60.1 Å². The zero-order valence-electron chi connectivity index (χ0n) is 22.8. The normalized spacial score (nSPS) is 30.4. The van der Waals surface area contributed by atoms with Crippen molar-refractivity contribution in [1.82, 2.24) is 0 Å². The summed E-state index contributed by atoms with van der Waals surface area (Å²) in [6.45, 7) is 3.86. The lowest BCUT2D eigenvalue weighted by Crippen LogP contribution is -2.48. The lowest BCUT2D eigenvalue weighted by atomic mass is 9.65. The number of Topliss-reactive ketones (excluding diaryl/α,β-unsaturated/α-hetero) is 2. The van der Waals surface area contributed by atoms with E-state index in [-0.39, 0.29) is 45.8 Å². The third-order valence-electron chi connectivity index (χ3n) is 8.63. The van der Waals surface area contributed by atoms with Crippen LogP contribution in [0, 0.1) is 18.8 Å². The van der Waals surface area contributed by atoms with Crippen LogP contribution < -0.4 is 10.5 Å². The molecule has 2 unspecified atom stereocenters. The van der Waals surface area contributed by atoms with Crippen LogP contribution in [0.4, 0.5) is 0 Å². The Morgan fingerprint density at radius 2 is 1.85 bits per heavy atom. The second-order valence-corrected chi connectivity index (χ2v) is 11.3. The van der Waals surface area contributed by atoms with E-state index in [4.69, 9.17) is 19.9 Å². The van der Waals surface area contributed by atoms with Crippen LogP contribution in [-0.2, 0) is 14.3 Å². The van der Waals surface area contributed by atoms with Crippen LogP contribution in [0.2, 0.25) is 0 Å². The van der Waals surface area contributed by atoms with E-state index >= 15 is 0 Å². The van der Waals surface area contributed by atoms with Crippen LogP contribution in [0.25, 0.3) is 5.57 Å². The Hall–Kier alpha value is -3.57. The molecule has 2 aliphatic heterocycles. The molecule has 0 spiro atoms. The fourth-order valence-corrected chi connectivity index (χ4v) is 6.72. The lowest BCUT2D eigenvalue weighted by molar-refractivity contribution is -0.216. The zero-order valence-corrected chi connectivity index (χ0v) is 22.8. The number of benzene rings is 2. The fraction of sp³-hybridized carbons (Fsp3) is 0.452. The van der Waals surface area contributed by atoms with E-state index in [2.05, 4.69) is 0 Å². The zero-order chi connectivity index (χ0) is 29.2. The molecule has 0 aromatic heterocycles. The Kier molecular flexibility index (Phi) is 6.97. The van der Waals surface area contributed by atoms with Crippen LogP contribution in [0.3, 0.4) is 0 Å². The number of fused-ring (bicyclic) bond motifs is 6. The quantitative estimate of drug-likeness (QED) is 0.303. The van der Waals surface area contributed by atoms with Crippen LogP contribution in [0.5, 0.6) is 11.5 Å². The van der Waals surface area contributed by atoms with Crippen molar-refractivity contribution in [3.8, 4) is 11.5 Å². The standard InChI is InChI=1S/C31H33NO9/c1-13-10-17-22(18(33)11-13)25-26(24-16(6-3-4-9-32)31(38)41-30(17)24)29(37)23-15(28(25)36)7-5-8-20(23)40-21-12-19(34)27(35)14(2)39-21/h5,7-8,10-11,14,16,19,21,24,27,30,33-35H,3-4,6,9,12,32H2,1-2H3/t14-,16-,19+,21?,24?,27-,30+/m0/s1. The lowest BCUT2D eigenvalue weighted by Gasteiger charge is -2.37. The predicted octanol–water partition coefficient (Wildman–Crippen LogP) is 2.74. The molecule has 0 amide bonds. The first-order valence-corrected chi connectivity index (χ1v) is 14.0. The smallest absolute Gasteiger partial charge is 0.310 e. The number of ether oxygens (including phenoxy) is 3. The van der Waals surface area contributed by atoms with Gasteiger partial charge in [0, 0.05) is 40.2 Å². The summed E-state index contributed by atoms with van der Waals surface area (Å²) in [6.07, 6.45) is -2.97. The maximum absolute atomic E-state index is 14.5. The van der Waals surface area contributed by atoms with Gasteiger partial charge in [-0.15, -0.1) is 0 Å². The highest BCUT2D eigenvalue weighted by Crippen LogP contribution is 2.57. The number of nitrogens with two attached hydrogens (primary N) is 1. The minimum Gasteiger partial charge on any atom is -0.507 e. The molecular formula is C31H33NO9. The van der Waals surface area contributed by atoms with Crippen LogP contribution in [-0.4, -0.2) is 64.0 Å². The first kappa shape index (κ1) is 27.6. The molecule has 10 heteroatoms. The van der Waals surface area contributed by atoms with Crippen LogP contribution in [0.1, 0.15) is 76.1 Å². The Morgan fingerprint density at radius 3 is 2.59 bits per heavy atom. The number of rotatable bonds is 6. The molecule has 4 aliphatic rings. The van der Waals surface area contributed by atoms with Gasteiger partial charge in [0.2, 0.25) is 6.29 Å². The Labute approximate surface area is 236 Å². The molecule has 216 valence electrons. The maximum Gasteiger partial charge on any atom is 0.310 e. The molecule has 2 aromatic carbocycles. The summed E-state index contributed by atoms with van der Waals surface area (Å²) in [5.41, 5.74) is 7.48. The molecule has 2 aliphatic carbocycles. The van der Waals surface area contributed by atoms with E-state index in [9.17, 15) is 29.7 Å². The van der Waals surface area contributed by atoms with Gasteiger partial charge in [0.1, 0.15) is 23.7 Å². The minimum absolute atomic E-state index is 0.0296. The van der Waals surface area contributed by atoms with E-state index in [1.807, 2.05) is 0 Å². The van der Waals surface area contributed by atoms with Crippen molar-refractivity contribution in [2.45, 2.75) is 70.2 Å². The summed E-state index contributed by atoms with van der Waals surface area (Å²) < 4.78 is 17.6. The molecule has 2 saturated heterocycles. The van der Waals surface area contributed by atoms with E-state index in [0.717, 1.165) is 5.56 Å². The largest absolute Gasteiger partial charge is 0.507 e. The molecule has 0 saturated carbocycles. The number of allylic oxidation sites excluding steroid dienone is 1. The summed E-state index contributed by atoms with van der Waals surface area (Å²) in [5.74, 6) is -2.88. The van der Waals surface area contributed by atoms with Crippen molar-refractivity contribution < 1.29 is 43.9 Å². The molecular weight excluding hydrogens is 530 g/mol. The summed E-state index contributed by atoms with van der Waals surface area (Å²) in [5, 5.41) is 31.4. The number of aryl methyl sites for hydroxylation is 1. The van der Waals surface area contributed by atoms with Crippen molar-refractivity contribution in [2.24, 2.45) is 17.6 Å². The second-order valence-electron chi connectivity index (χ2n) is 11.3. The number of aliphatic hydroxyl groups excluding tert-OH is 2. The van der Waals surface area contributed by atoms with Gasteiger partial charge in [-0.3, -0.25) is 14.4 Å². The third-order valence-corrected chi connectivity index (χ3v) is 8.63. The number of phenols is 1. The Balaban J connectivity index is 1.48. The molecule has 0 radical (unpaired) electrons. The van der Waals surface area contributed by atoms with Gasteiger partial charge in [0.15, 0.2) is 11.6 Å². The first-order valence-electron chi connectivity index (χ1n) is 14.0. The number of ketones is 2. The van der Waals surface area contributed by atoms with Gasteiger partial charge in [-0.05, 0) is 50.9 Å². The average Bonchev–Trinajstić information content (AvgIpc) is 3.25. The molecule has 2 fully saturated rings. The molecule has 2 aromatic rings. The van der Waals surface area contributed by atoms with Gasteiger partial charge in [0.25, 0.3) is 0 Å². The molecule has 5 N–H and O–H groups in total. The van der Waals surface area contributed by atoms with Gasteiger partial charge in [0.05, 0.1) is 23.7 Å². The number of aliphatic hydroxyl groups is 2. The SMILES string of the molecule is Cc1cc(O)c2c(c1)[C@H]1OC(=O)[C@@H](CCCCN)C1C1=C2C(=O)c2cccc(OC3C[C@@H](O)[C@@H](O)[C@H](C)O3)c2C1=O. The maximum atomic E-state index is 14.5. The van der Waals surface area contributed by atoms with Gasteiger partial charge < -0.3 is 35.3 Å². The molecule has 0 bridgehead atoms. The number of esters is 1. The number of hydrogen-bond acceptors (Lipinski definition) is 10. The number of hydrogen-bond donors (Lipinski definition) is 4. The number of carbonyl (C=O) groups is 3. The summed E-state index contributed by atoms with van der Waals surface area (Å²) in [6, 6.07) is 7.97. The minimum atomic E-state index is -1.09. The number of phenolic OH excluding ortho intramolecular Hbond substituents is 1. The monoisotopic (exact) mass is 563 g/mol. The predicted molar refractivity (Wildman–Crippen MR) is 145 cm³/mol. The van der Waals surface area contributed by atoms with Crippen LogP contribution >= 0.6 is 0 Å². The summed E-state index contributed by atoms with van der Waals surface area (Å²) in [4.78, 5) is 41.9. The van der Waals surface area contributed by atoms with Crippen molar-refractivity contribution in [2.75, 3.05) is 6.54 Å². The topological polar surface area (TPSA) is 166 Å². The van der Waals surface area contributed by atoms with Gasteiger partial charge in [-0.25, -0.2) is 0 Å². The number of aromatic hydroxyl groups is 1. The summed E-state index contributed by atoms with van der Waals surface area (Å²) in [7, 11) is 0. The van der Waals surface area contributed by atoms with Crippen molar-refractivity contribution >= 4 is 23.1 Å². The van der Waals surface area contributed by atoms with Gasteiger partial charge >= 0.3 is 5.97 Å². The van der Waals surface area contributed by atoms with Crippen LogP contribution in [0.15, 0.2) is 35.9 Å². The second kappa shape index (κ2) is 10.4. The molecule has 10 nitrogen and oxygen atoms in total. The highest BCUT2D eigenvalue weighted by molar-refractivity contribution is 6.42. The average molecular weight is 564 g/mol. The van der Waals surface area contributed by atoms with E-state index in [1.165, 1.54) is 12.1 Å². The van der Waals surface area contributed by atoms with Gasteiger partial charge in [-0.2, -0.15) is 0 Å². The van der Waals surface area contributed by atoms with Crippen molar-refractivity contribution in [3.63, 3.8) is 0 Å². The molecule has 7 atom stereocenters. The van der Waals surface area contributed by atoms with E-state index in [0.29, 0.717) is 31.4 Å². The van der Waals surface area contributed by atoms with Crippen molar-refractivity contribution in [1.29, 1.82) is 0 Å². The fourth-order valence-electron chi connectivity index (χ4n) is 6.72. The molecule has 6 rings (SSSR count). The molecule has 41 heavy (non-hydrogen) atoms. The molecule has 2 heterocycles. The third kappa shape index (κ3) is 4.37. The highest BCUT2D eigenvalue weighted by atomic mass is 16.7. The Morgan fingerprint density at radius 1 is 1.07 bits per heavy atom. The first-order chi connectivity index (χ1) is 19.6. The summed E-state index contributed by atoms with van der Waals surface area (Å²) >= 11 is 0.